The summed E-state index contributed by atoms with van der Waals surface area (Å²) in [4.78, 5) is 12.8. The molecule has 1 aromatic heterocycles. The average Bonchev–Trinajstić information content (AvgIpc) is 3.07. The van der Waals surface area contributed by atoms with Gasteiger partial charge < -0.3 is 9.30 Å². The van der Waals surface area contributed by atoms with Crippen LogP contribution >= 0.6 is 11.6 Å². The summed E-state index contributed by atoms with van der Waals surface area (Å²) in [6.45, 7) is 0.608. The second-order valence-electron chi connectivity index (χ2n) is 6.30. The Balaban J connectivity index is 1.63. The maximum absolute atomic E-state index is 12.8. The number of ether oxygens (including phenoxy) is 1. The van der Waals surface area contributed by atoms with E-state index in [1.807, 2.05) is 85.1 Å². The first-order valence-corrected chi connectivity index (χ1v) is 9.12. The van der Waals surface area contributed by atoms with Gasteiger partial charge in [0.2, 0.25) is 5.78 Å². The molecule has 4 aromatic rings. The molecule has 0 spiro atoms. The number of nitrogens with zero attached hydrogens (tertiary/aromatic N) is 1. The number of halogens is 1. The van der Waals surface area contributed by atoms with E-state index < -0.39 is 0 Å². The SMILES string of the molecule is O=C(COc1ccccc1)c1cn(Cc2ccccc2Cl)c2ccccc12. The van der Waals surface area contributed by atoms with Gasteiger partial charge in [0.25, 0.3) is 0 Å². The lowest BCUT2D eigenvalue weighted by molar-refractivity contribution is 0.0923. The van der Waals surface area contributed by atoms with Crippen LogP contribution < -0.4 is 4.74 Å². The van der Waals surface area contributed by atoms with Gasteiger partial charge in [-0.05, 0) is 29.8 Å². The predicted molar refractivity (Wildman–Crippen MR) is 109 cm³/mol. The van der Waals surface area contributed by atoms with Crippen molar-refractivity contribution >= 4 is 28.3 Å². The van der Waals surface area contributed by atoms with Gasteiger partial charge in [-0.1, -0.05) is 66.2 Å². The summed E-state index contributed by atoms with van der Waals surface area (Å²) in [5.41, 5.74) is 2.67. The van der Waals surface area contributed by atoms with E-state index in [-0.39, 0.29) is 12.4 Å². The Kier molecular flexibility index (Phi) is 4.95. The minimum absolute atomic E-state index is 0.00408. The van der Waals surface area contributed by atoms with Gasteiger partial charge in [0.15, 0.2) is 6.61 Å². The highest BCUT2D eigenvalue weighted by atomic mass is 35.5. The van der Waals surface area contributed by atoms with Crippen LogP contribution in [0.15, 0.2) is 85.1 Å². The van der Waals surface area contributed by atoms with Crippen molar-refractivity contribution in [1.82, 2.24) is 4.57 Å². The number of benzene rings is 3. The largest absolute Gasteiger partial charge is 0.485 e. The summed E-state index contributed by atoms with van der Waals surface area (Å²) in [7, 11) is 0. The predicted octanol–water partition coefficient (Wildman–Crippen LogP) is 5.60. The summed E-state index contributed by atoms with van der Waals surface area (Å²) in [6, 6.07) is 25.0. The summed E-state index contributed by atoms with van der Waals surface area (Å²) >= 11 is 6.31. The molecule has 27 heavy (non-hydrogen) atoms. The third-order valence-corrected chi connectivity index (χ3v) is 4.87. The molecule has 4 rings (SSSR count). The molecule has 0 atom stereocenters. The highest BCUT2D eigenvalue weighted by Crippen LogP contribution is 2.25. The fourth-order valence-electron chi connectivity index (χ4n) is 3.15. The molecule has 3 aromatic carbocycles. The first-order chi connectivity index (χ1) is 13.2. The third kappa shape index (κ3) is 3.74. The first-order valence-electron chi connectivity index (χ1n) is 8.75. The Morgan fingerprint density at radius 2 is 1.59 bits per heavy atom. The van der Waals surface area contributed by atoms with Gasteiger partial charge in [0.05, 0.1) is 0 Å². The number of fused-ring (bicyclic) bond motifs is 1. The molecule has 134 valence electrons. The lowest BCUT2D eigenvalue weighted by Crippen LogP contribution is -2.11. The van der Waals surface area contributed by atoms with Crippen LogP contribution in [0.4, 0.5) is 0 Å². The van der Waals surface area contributed by atoms with Crippen LogP contribution in [-0.2, 0) is 6.54 Å². The molecular weight excluding hydrogens is 358 g/mol. The lowest BCUT2D eigenvalue weighted by atomic mass is 10.1. The molecule has 0 unspecified atom stereocenters. The lowest BCUT2D eigenvalue weighted by Gasteiger charge is -2.07. The molecule has 0 radical (unpaired) electrons. The molecule has 4 heteroatoms. The van der Waals surface area contributed by atoms with E-state index in [0.717, 1.165) is 21.5 Å². The van der Waals surface area contributed by atoms with Crippen molar-refractivity contribution in [3.8, 4) is 5.75 Å². The number of rotatable bonds is 6. The van der Waals surface area contributed by atoms with Crippen LogP contribution in [0, 0.1) is 0 Å². The van der Waals surface area contributed by atoms with E-state index in [1.165, 1.54) is 0 Å². The normalized spacial score (nSPS) is 10.9. The highest BCUT2D eigenvalue weighted by Gasteiger charge is 2.16. The summed E-state index contributed by atoms with van der Waals surface area (Å²) in [5.74, 6) is 0.638. The van der Waals surface area contributed by atoms with Crippen molar-refractivity contribution in [3.05, 3.63) is 101 Å². The maximum Gasteiger partial charge on any atom is 0.202 e. The van der Waals surface area contributed by atoms with Crippen molar-refractivity contribution in [2.24, 2.45) is 0 Å². The highest BCUT2D eigenvalue weighted by molar-refractivity contribution is 6.31. The maximum atomic E-state index is 12.8. The van der Waals surface area contributed by atoms with E-state index in [4.69, 9.17) is 16.3 Å². The van der Waals surface area contributed by atoms with E-state index in [9.17, 15) is 4.79 Å². The van der Waals surface area contributed by atoms with Crippen LogP contribution in [-0.4, -0.2) is 17.0 Å². The summed E-state index contributed by atoms with van der Waals surface area (Å²) in [6.07, 6.45) is 1.89. The van der Waals surface area contributed by atoms with Crippen molar-refractivity contribution in [1.29, 1.82) is 0 Å². The Labute approximate surface area is 162 Å². The quantitative estimate of drug-likeness (QED) is 0.410. The van der Waals surface area contributed by atoms with Crippen LogP contribution in [0.3, 0.4) is 0 Å². The minimum Gasteiger partial charge on any atom is -0.485 e. The summed E-state index contributed by atoms with van der Waals surface area (Å²) < 4.78 is 7.70. The fraction of sp³-hybridized carbons (Fsp3) is 0.0870. The van der Waals surface area contributed by atoms with Gasteiger partial charge >= 0.3 is 0 Å². The standard InChI is InChI=1S/C23H18ClNO2/c24-21-12-6-4-8-17(21)14-25-15-20(19-11-5-7-13-22(19)25)23(26)16-27-18-9-2-1-3-10-18/h1-13,15H,14,16H2. The second-order valence-corrected chi connectivity index (χ2v) is 6.71. The minimum atomic E-state index is -0.0482. The first kappa shape index (κ1) is 17.4. The van der Waals surface area contributed by atoms with E-state index in [2.05, 4.69) is 4.57 Å². The smallest absolute Gasteiger partial charge is 0.202 e. The van der Waals surface area contributed by atoms with Crippen LogP contribution in [0.5, 0.6) is 5.75 Å². The number of hydrogen-bond acceptors (Lipinski definition) is 2. The van der Waals surface area contributed by atoms with Crippen molar-refractivity contribution < 1.29 is 9.53 Å². The van der Waals surface area contributed by atoms with Crippen LogP contribution in [0.25, 0.3) is 10.9 Å². The molecular formula is C23H18ClNO2. The van der Waals surface area contributed by atoms with Crippen LogP contribution in [0.2, 0.25) is 5.02 Å². The Morgan fingerprint density at radius 1 is 0.889 bits per heavy atom. The molecule has 0 amide bonds. The summed E-state index contributed by atoms with van der Waals surface area (Å²) in [5, 5.41) is 1.64. The zero-order valence-corrected chi connectivity index (χ0v) is 15.4. The number of carbonyl (C=O) groups excluding carboxylic acids is 1. The van der Waals surface area contributed by atoms with Gasteiger partial charge in [-0.25, -0.2) is 0 Å². The number of hydrogen-bond donors (Lipinski definition) is 0. The number of ketones is 1. The number of para-hydroxylation sites is 2. The molecule has 0 aliphatic rings. The molecule has 0 aliphatic heterocycles. The second kappa shape index (κ2) is 7.68. The third-order valence-electron chi connectivity index (χ3n) is 4.50. The van der Waals surface area contributed by atoms with Crippen LogP contribution in [0.1, 0.15) is 15.9 Å². The molecule has 0 saturated heterocycles. The van der Waals surface area contributed by atoms with Gasteiger partial charge in [-0.15, -0.1) is 0 Å². The van der Waals surface area contributed by atoms with Crippen molar-refractivity contribution in [2.45, 2.75) is 6.54 Å². The molecule has 1 heterocycles. The average molecular weight is 376 g/mol. The Bertz CT molecular complexity index is 1090. The zero-order valence-electron chi connectivity index (χ0n) is 14.6. The van der Waals surface area contributed by atoms with Crippen molar-refractivity contribution in [2.75, 3.05) is 6.61 Å². The van der Waals surface area contributed by atoms with Gasteiger partial charge in [0.1, 0.15) is 5.75 Å². The van der Waals surface area contributed by atoms with Gasteiger partial charge in [0, 0.05) is 34.2 Å². The molecule has 0 fully saturated rings. The van der Waals surface area contributed by atoms with E-state index in [1.54, 1.807) is 0 Å². The fourth-order valence-corrected chi connectivity index (χ4v) is 3.35. The monoisotopic (exact) mass is 375 g/mol. The Hall–Kier alpha value is -3.04. The van der Waals surface area contributed by atoms with E-state index in [0.29, 0.717) is 17.9 Å². The molecule has 0 N–H and O–H groups in total. The van der Waals surface area contributed by atoms with E-state index >= 15 is 0 Å². The van der Waals surface area contributed by atoms with Gasteiger partial charge in [-0.2, -0.15) is 0 Å². The topological polar surface area (TPSA) is 31.2 Å². The molecule has 0 aliphatic carbocycles. The molecule has 3 nitrogen and oxygen atoms in total. The number of aromatic nitrogens is 1. The molecule has 0 saturated carbocycles. The zero-order chi connectivity index (χ0) is 18.6. The van der Waals surface area contributed by atoms with Gasteiger partial charge in [-0.3, -0.25) is 4.79 Å². The Morgan fingerprint density at radius 3 is 2.41 bits per heavy atom. The molecule has 0 bridgehead atoms. The number of carbonyl (C=O) groups is 1. The number of Topliss-reactive ketones (excluding diaryl/α,β-unsaturated/α-hetero) is 1. The van der Waals surface area contributed by atoms with Crippen molar-refractivity contribution in [3.63, 3.8) is 0 Å².